The zero-order valence-electron chi connectivity index (χ0n) is 10.1. The zero-order chi connectivity index (χ0) is 12.3. The van der Waals surface area contributed by atoms with Gasteiger partial charge in [-0.15, -0.1) is 0 Å². The average Bonchev–Trinajstić information content (AvgIpc) is 2.78. The van der Waals surface area contributed by atoms with Crippen LogP contribution in [0, 0.1) is 23.1 Å². The second kappa shape index (κ2) is 5.18. The number of nitriles is 1. The van der Waals surface area contributed by atoms with Crippen LogP contribution in [0.5, 0.6) is 0 Å². The number of benzene rings is 1. The highest BCUT2D eigenvalue weighted by Gasteiger charge is 2.22. The smallest absolute Gasteiger partial charge is 0.143 e. The van der Waals surface area contributed by atoms with E-state index in [0.29, 0.717) is 0 Å². The summed E-state index contributed by atoms with van der Waals surface area (Å²) in [5.41, 5.74) is 1.03. The summed E-state index contributed by atoms with van der Waals surface area (Å²) in [6.45, 7) is 4.21. The van der Waals surface area contributed by atoms with Crippen molar-refractivity contribution in [1.29, 1.82) is 5.26 Å². The first-order chi connectivity index (χ1) is 8.24. The topological polar surface area (TPSA) is 27.0 Å². The molecule has 0 aliphatic carbocycles. The van der Waals surface area contributed by atoms with Crippen LogP contribution in [0.3, 0.4) is 0 Å². The second-order valence-corrected chi connectivity index (χ2v) is 4.67. The van der Waals surface area contributed by atoms with E-state index in [1.54, 1.807) is 6.07 Å². The van der Waals surface area contributed by atoms with Gasteiger partial charge in [-0.25, -0.2) is 4.39 Å². The van der Waals surface area contributed by atoms with Crippen molar-refractivity contribution < 1.29 is 4.39 Å². The monoisotopic (exact) mass is 232 g/mol. The molecule has 0 radical (unpaired) electrons. The van der Waals surface area contributed by atoms with E-state index in [1.807, 2.05) is 12.1 Å². The lowest BCUT2D eigenvalue weighted by Crippen LogP contribution is -2.19. The molecule has 1 aliphatic rings. The minimum atomic E-state index is -0.413. The molecule has 0 N–H and O–H groups in total. The van der Waals surface area contributed by atoms with Gasteiger partial charge in [-0.2, -0.15) is 5.26 Å². The van der Waals surface area contributed by atoms with Gasteiger partial charge in [-0.3, -0.25) is 0 Å². The Hall–Kier alpha value is -1.56. The SMILES string of the molecule is CCCC1CCN(c2ccc(C#N)c(F)c2)C1. The highest BCUT2D eigenvalue weighted by atomic mass is 19.1. The molecule has 1 saturated heterocycles. The van der Waals surface area contributed by atoms with Gasteiger partial charge < -0.3 is 4.90 Å². The van der Waals surface area contributed by atoms with Crippen LogP contribution in [0.25, 0.3) is 0 Å². The quantitative estimate of drug-likeness (QED) is 0.799. The van der Waals surface area contributed by atoms with Crippen molar-refractivity contribution in [1.82, 2.24) is 0 Å². The van der Waals surface area contributed by atoms with E-state index in [0.717, 1.165) is 24.7 Å². The van der Waals surface area contributed by atoms with Gasteiger partial charge >= 0.3 is 0 Å². The van der Waals surface area contributed by atoms with Gasteiger partial charge in [-0.1, -0.05) is 13.3 Å². The van der Waals surface area contributed by atoms with E-state index in [-0.39, 0.29) is 5.56 Å². The fraction of sp³-hybridized carbons (Fsp3) is 0.500. The molecular formula is C14H17FN2. The van der Waals surface area contributed by atoms with Gasteiger partial charge in [0.05, 0.1) is 5.56 Å². The summed E-state index contributed by atoms with van der Waals surface area (Å²) < 4.78 is 13.5. The Morgan fingerprint density at radius 2 is 2.35 bits per heavy atom. The lowest BCUT2D eigenvalue weighted by molar-refractivity contribution is 0.529. The molecule has 1 aliphatic heterocycles. The third kappa shape index (κ3) is 2.58. The molecular weight excluding hydrogens is 215 g/mol. The highest BCUT2D eigenvalue weighted by molar-refractivity contribution is 5.51. The summed E-state index contributed by atoms with van der Waals surface area (Å²) in [5.74, 6) is 0.322. The summed E-state index contributed by atoms with van der Waals surface area (Å²) in [6.07, 6.45) is 3.64. The normalized spacial score (nSPS) is 19.4. The minimum absolute atomic E-state index is 0.123. The number of nitrogens with zero attached hydrogens (tertiary/aromatic N) is 2. The van der Waals surface area contributed by atoms with E-state index < -0.39 is 5.82 Å². The van der Waals surface area contributed by atoms with E-state index in [2.05, 4.69) is 11.8 Å². The van der Waals surface area contributed by atoms with E-state index in [4.69, 9.17) is 5.26 Å². The second-order valence-electron chi connectivity index (χ2n) is 4.67. The Labute approximate surface area is 102 Å². The number of hydrogen-bond acceptors (Lipinski definition) is 2. The summed E-state index contributed by atoms with van der Waals surface area (Å²) in [4.78, 5) is 2.21. The standard InChI is InChI=1S/C14H17FN2/c1-2-3-11-6-7-17(10-11)13-5-4-12(9-16)14(15)8-13/h4-5,8,11H,2-3,6-7,10H2,1H3. The lowest BCUT2D eigenvalue weighted by Gasteiger charge is -2.18. The molecule has 0 saturated carbocycles. The molecule has 0 amide bonds. The maximum atomic E-state index is 13.5. The molecule has 3 heteroatoms. The van der Waals surface area contributed by atoms with Crippen molar-refractivity contribution in [2.24, 2.45) is 5.92 Å². The summed E-state index contributed by atoms with van der Waals surface area (Å²) in [7, 11) is 0. The summed E-state index contributed by atoms with van der Waals surface area (Å²) in [5, 5.41) is 8.68. The number of hydrogen-bond donors (Lipinski definition) is 0. The van der Waals surface area contributed by atoms with Gasteiger partial charge in [0.15, 0.2) is 0 Å². The first-order valence-corrected chi connectivity index (χ1v) is 6.19. The molecule has 0 spiro atoms. The van der Waals surface area contributed by atoms with Crippen LogP contribution in [-0.2, 0) is 0 Å². The van der Waals surface area contributed by atoms with Gasteiger partial charge in [-0.05, 0) is 37.0 Å². The largest absolute Gasteiger partial charge is 0.371 e. The Morgan fingerprint density at radius 1 is 1.53 bits per heavy atom. The molecule has 0 aromatic heterocycles. The molecule has 2 rings (SSSR count). The Kier molecular flexibility index (Phi) is 3.63. The van der Waals surface area contributed by atoms with Crippen molar-refractivity contribution in [3.8, 4) is 6.07 Å². The molecule has 1 atom stereocenters. The lowest BCUT2D eigenvalue weighted by atomic mass is 10.0. The van der Waals surface area contributed by atoms with E-state index in [1.165, 1.54) is 25.3 Å². The van der Waals surface area contributed by atoms with Crippen molar-refractivity contribution in [2.45, 2.75) is 26.2 Å². The first kappa shape index (κ1) is 11.9. The predicted molar refractivity (Wildman–Crippen MR) is 66.3 cm³/mol. The van der Waals surface area contributed by atoms with Gasteiger partial charge in [0.25, 0.3) is 0 Å². The maximum Gasteiger partial charge on any atom is 0.143 e. The molecule has 1 aromatic rings. The van der Waals surface area contributed by atoms with Crippen molar-refractivity contribution >= 4 is 5.69 Å². The molecule has 90 valence electrons. The number of rotatable bonds is 3. The Balaban J connectivity index is 2.09. The van der Waals surface area contributed by atoms with Crippen LogP contribution in [0.2, 0.25) is 0 Å². The fourth-order valence-corrected chi connectivity index (χ4v) is 2.50. The first-order valence-electron chi connectivity index (χ1n) is 6.19. The van der Waals surface area contributed by atoms with Crippen molar-refractivity contribution in [3.63, 3.8) is 0 Å². The average molecular weight is 232 g/mol. The molecule has 1 unspecified atom stereocenters. The molecule has 1 aromatic carbocycles. The minimum Gasteiger partial charge on any atom is -0.371 e. The number of anilines is 1. The summed E-state index contributed by atoms with van der Waals surface area (Å²) >= 11 is 0. The van der Waals surface area contributed by atoms with Crippen LogP contribution in [0.15, 0.2) is 18.2 Å². The summed E-state index contributed by atoms with van der Waals surface area (Å²) in [6, 6.07) is 6.74. The van der Waals surface area contributed by atoms with E-state index >= 15 is 0 Å². The Morgan fingerprint density at radius 3 is 3.00 bits per heavy atom. The van der Waals surface area contributed by atoms with Crippen LogP contribution in [-0.4, -0.2) is 13.1 Å². The van der Waals surface area contributed by atoms with Gasteiger partial charge in [0.1, 0.15) is 11.9 Å². The molecule has 1 fully saturated rings. The molecule has 0 bridgehead atoms. The maximum absolute atomic E-state index is 13.5. The third-order valence-corrected chi connectivity index (χ3v) is 3.42. The Bertz CT molecular complexity index is 436. The fourth-order valence-electron chi connectivity index (χ4n) is 2.50. The highest BCUT2D eigenvalue weighted by Crippen LogP contribution is 2.27. The molecule has 2 nitrogen and oxygen atoms in total. The van der Waals surface area contributed by atoms with Crippen molar-refractivity contribution in [3.05, 3.63) is 29.6 Å². The molecule has 17 heavy (non-hydrogen) atoms. The van der Waals surface area contributed by atoms with Crippen LogP contribution < -0.4 is 4.90 Å². The zero-order valence-corrected chi connectivity index (χ0v) is 10.1. The van der Waals surface area contributed by atoms with Gasteiger partial charge in [0.2, 0.25) is 0 Å². The van der Waals surface area contributed by atoms with Gasteiger partial charge in [0, 0.05) is 18.8 Å². The van der Waals surface area contributed by atoms with Crippen LogP contribution >= 0.6 is 0 Å². The van der Waals surface area contributed by atoms with E-state index in [9.17, 15) is 4.39 Å². The number of halogens is 1. The van der Waals surface area contributed by atoms with Crippen LogP contribution in [0.1, 0.15) is 31.7 Å². The molecule has 1 heterocycles. The van der Waals surface area contributed by atoms with Crippen molar-refractivity contribution in [2.75, 3.05) is 18.0 Å². The van der Waals surface area contributed by atoms with Crippen LogP contribution in [0.4, 0.5) is 10.1 Å². The third-order valence-electron chi connectivity index (χ3n) is 3.42. The predicted octanol–water partition coefficient (Wildman–Crippen LogP) is 3.32.